The normalized spacial score (nSPS) is 31.3. The number of ether oxygens (including phenoxy) is 1. The summed E-state index contributed by atoms with van der Waals surface area (Å²) in [5, 5.41) is 3.61. The molecule has 3 heterocycles. The van der Waals surface area contributed by atoms with Crippen LogP contribution in [0.4, 0.5) is 5.69 Å². The van der Waals surface area contributed by atoms with Crippen molar-refractivity contribution in [2.24, 2.45) is 11.8 Å². The van der Waals surface area contributed by atoms with Gasteiger partial charge in [0.1, 0.15) is 5.54 Å². The van der Waals surface area contributed by atoms with Crippen molar-refractivity contribution in [1.29, 1.82) is 0 Å². The highest BCUT2D eigenvalue weighted by atomic mass is 16.5. The van der Waals surface area contributed by atoms with Crippen molar-refractivity contribution in [3.05, 3.63) is 47.7 Å². The van der Waals surface area contributed by atoms with Gasteiger partial charge in [-0.25, -0.2) is 0 Å². The maximum atomic E-state index is 13.7. The molecule has 4 atom stereocenters. The van der Waals surface area contributed by atoms with Crippen LogP contribution in [0.25, 0.3) is 6.08 Å². The van der Waals surface area contributed by atoms with Crippen LogP contribution in [0, 0.1) is 11.8 Å². The Balaban J connectivity index is 1.72. The molecule has 2 saturated heterocycles. The van der Waals surface area contributed by atoms with Crippen LogP contribution in [0.2, 0.25) is 0 Å². The van der Waals surface area contributed by atoms with Crippen molar-refractivity contribution in [3.63, 3.8) is 0 Å². The van der Waals surface area contributed by atoms with Gasteiger partial charge in [0.15, 0.2) is 11.6 Å². The summed E-state index contributed by atoms with van der Waals surface area (Å²) < 4.78 is 5.25. The zero-order valence-electron chi connectivity index (χ0n) is 17.5. The van der Waals surface area contributed by atoms with Crippen molar-refractivity contribution in [1.82, 2.24) is 4.90 Å². The Morgan fingerprint density at radius 1 is 1.45 bits per heavy atom. The Hall–Kier alpha value is -2.40. The van der Waals surface area contributed by atoms with E-state index in [1.165, 1.54) is 0 Å². The molecule has 1 aromatic carbocycles. The lowest BCUT2D eigenvalue weighted by Gasteiger charge is -2.45. The standard InChI is InChI=1S/C24H30N2O3/c1-5-16-8-7-9-20-22(16)23(28)24(25-20)10-11-26-13-17(6-2)18(12-21(24)26)19(14-29-4)15(3)27/h5,7-9,14,17-18,21,25H,1,6,10-13H2,2-4H3/b19-14-/t17-,18+,21?,24+/m1/s1. The summed E-state index contributed by atoms with van der Waals surface area (Å²) in [6.45, 7) is 9.48. The highest BCUT2D eigenvalue weighted by molar-refractivity contribution is 6.16. The van der Waals surface area contributed by atoms with Crippen molar-refractivity contribution in [2.75, 3.05) is 25.5 Å². The molecule has 1 N–H and O–H groups in total. The lowest BCUT2D eigenvalue weighted by atomic mass is 9.71. The number of piperidine rings is 1. The van der Waals surface area contributed by atoms with Gasteiger partial charge in [-0.1, -0.05) is 38.1 Å². The van der Waals surface area contributed by atoms with Crippen molar-refractivity contribution in [2.45, 2.75) is 44.7 Å². The minimum absolute atomic E-state index is 0.0544. The van der Waals surface area contributed by atoms with Gasteiger partial charge in [-0.15, -0.1) is 0 Å². The molecule has 1 unspecified atom stereocenters. The number of anilines is 1. The molecular weight excluding hydrogens is 364 g/mol. The maximum Gasteiger partial charge on any atom is 0.192 e. The maximum absolute atomic E-state index is 13.7. The largest absolute Gasteiger partial charge is 0.504 e. The number of nitrogens with one attached hydrogen (secondary N) is 1. The van der Waals surface area contributed by atoms with E-state index in [1.807, 2.05) is 18.2 Å². The third kappa shape index (κ3) is 2.94. The van der Waals surface area contributed by atoms with Gasteiger partial charge in [0.2, 0.25) is 0 Å². The van der Waals surface area contributed by atoms with E-state index in [0.717, 1.165) is 54.7 Å². The Bertz CT molecular complexity index is 890. The molecule has 5 nitrogen and oxygen atoms in total. The van der Waals surface area contributed by atoms with Crippen molar-refractivity contribution < 1.29 is 14.3 Å². The second-order valence-electron chi connectivity index (χ2n) is 8.54. The van der Waals surface area contributed by atoms with E-state index in [-0.39, 0.29) is 23.5 Å². The summed E-state index contributed by atoms with van der Waals surface area (Å²) in [5.41, 5.74) is 2.68. The van der Waals surface area contributed by atoms with E-state index in [1.54, 1.807) is 26.4 Å². The number of methoxy groups -OCH3 is 1. The van der Waals surface area contributed by atoms with E-state index in [9.17, 15) is 9.59 Å². The van der Waals surface area contributed by atoms with E-state index in [0.29, 0.717) is 5.92 Å². The van der Waals surface area contributed by atoms with Crippen LogP contribution in [-0.4, -0.2) is 48.2 Å². The summed E-state index contributed by atoms with van der Waals surface area (Å²) in [7, 11) is 1.59. The van der Waals surface area contributed by atoms with Crippen LogP contribution in [0.3, 0.4) is 0 Å². The van der Waals surface area contributed by atoms with Crippen LogP contribution < -0.4 is 5.32 Å². The van der Waals surface area contributed by atoms with E-state index < -0.39 is 5.54 Å². The smallest absolute Gasteiger partial charge is 0.192 e. The minimum Gasteiger partial charge on any atom is -0.504 e. The topological polar surface area (TPSA) is 58.6 Å². The van der Waals surface area contributed by atoms with Gasteiger partial charge in [-0.3, -0.25) is 14.5 Å². The monoisotopic (exact) mass is 394 g/mol. The first kappa shape index (κ1) is 19.9. The fourth-order valence-electron chi connectivity index (χ4n) is 5.77. The van der Waals surface area contributed by atoms with E-state index in [2.05, 4.69) is 23.7 Å². The summed E-state index contributed by atoms with van der Waals surface area (Å²) in [5.74, 6) is 0.711. The molecule has 0 aliphatic carbocycles. The molecule has 0 bridgehead atoms. The number of fused-ring (bicyclic) bond motifs is 3. The average Bonchev–Trinajstić information content (AvgIpc) is 3.22. The van der Waals surface area contributed by atoms with E-state index in [4.69, 9.17) is 4.74 Å². The summed E-state index contributed by atoms with van der Waals surface area (Å²) in [4.78, 5) is 28.5. The molecule has 0 radical (unpaired) electrons. The van der Waals surface area contributed by atoms with Gasteiger partial charge in [0, 0.05) is 30.4 Å². The molecule has 3 aliphatic rings. The molecule has 0 saturated carbocycles. The van der Waals surface area contributed by atoms with Crippen LogP contribution in [0.5, 0.6) is 0 Å². The first-order valence-electron chi connectivity index (χ1n) is 10.5. The number of benzene rings is 1. The van der Waals surface area contributed by atoms with Gasteiger partial charge in [0.05, 0.1) is 18.9 Å². The Morgan fingerprint density at radius 2 is 2.24 bits per heavy atom. The summed E-state index contributed by atoms with van der Waals surface area (Å²) in [6, 6.07) is 5.96. The molecule has 1 spiro atoms. The summed E-state index contributed by atoms with van der Waals surface area (Å²) >= 11 is 0. The Kier molecular flexibility index (Phi) is 5.11. The average molecular weight is 395 g/mol. The zero-order chi connectivity index (χ0) is 20.8. The minimum atomic E-state index is -0.618. The Morgan fingerprint density at radius 3 is 2.90 bits per heavy atom. The molecule has 2 fully saturated rings. The fourth-order valence-corrected chi connectivity index (χ4v) is 5.77. The molecule has 29 heavy (non-hydrogen) atoms. The van der Waals surface area contributed by atoms with Crippen molar-refractivity contribution in [3.8, 4) is 0 Å². The molecule has 0 aromatic heterocycles. The number of nitrogens with zero attached hydrogens (tertiary/aromatic N) is 1. The zero-order valence-corrected chi connectivity index (χ0v) is 17.5. The van der Waals surface area contributed by atoms with Crippen LogP contribution in [-0.2, 0) is 9.53 Å². The molecule has 0 amide bonds. The Labute approximate surface area is 172 Å². The number of rotatable bonds is 5. The molecule has 154 valence electrons. The van der Waals surface area contributed by atoms with Crippen LogP contribution >= 0.6 is 0 Å². The van der Waals surface area contributed by atoms with Gasteiger partial charge in [0.25, 0.3) is 0 Å². The van der Waals surface area contributed by atoms with Crippen LogP contribution in [0.15, 0.2) is 36.6 Å². The van der Waals surface area contributed by atoms with Gasteiger partial charge in [-0.2, -0.15) is 0 Å². The van der Waals surface area contributed by atoms with Crippen molar-refractivity contribution >= 4 is 23.3 Å². The second-order valence-corrected chi connectivity index (χ2v) is 8.54. The van der Waals surface area contributed by atoms with Crippen LogP contribution in [0.1, 0.15) is 49.0 Å². The quantitative estimate of drug-likeness (QED) is 0.606. The number of allylic oxidation sites excluding steroid dienone is 1. The number of Topliss-reactive ketones (excluding diaryl/α,β-unsaturated/α-hetero) is 2. The predicted octanol–water partition coefficient (Wildman–Crippen LogP) is 3.92. The van der Waals surface area contributed by atoms with Gasteiger partial charge in [-0.05, 0) is 43.2 Å². The first-order chi connectivity index (χ1) is 14.0. The highest BCUT2D eigenvalue weighted by Gasteiger charge is 2.59. The predicted molar refractivity (Wildman–Crippen MR) is 115 cm³/mol. The lowest BCUT2D eigenvalue weighted by molar-refractivity contribution is -0.114. The third-order valence-electron chi connectivity index (χ3n) is 7.20. The molecule has 1 aromatic rings. The van der Waals surface area contributed by atoms with Gasteiger partial charge >= 0.3 is 0 Å². The number of hydrogen-bond donors (Lipinski definition) is 1. The number of ketones is 2. The summed E-state index contributed by atoms with van der Waals surface area (Å²) in [6.07, 6.45) is 5.94. The fraction of sp³-hybridized carbons (Fsp3) is 0.500. The number of carbonyl (C=O) groups excluding carboxylic acids is 2. The number of carbonyl (C=O) groups is 2. The first-order valence-corrected chi connectivity index (χ1v) is 10.5. The SMILES string of the molecule is C=Cc1cccc2c1C(=O)[C@@]1(CCN3C[C@@H](CC)[C@@H](/C(=C\OC)C(C)=O)CC31)N2. The molecule has 5 heteroatoms. The van der Waals surface area contributed by atoms with E-state index >= 15 is 0 Å². The lowest BCUT2D eigenvalue weighted by Crippen LogP contribution is -2.57. The second kappa shape index (κ2) is 7.45. The highest BCUT2D eigenvalue weighted by Crippen LogP contribution is 2.49. The third-order valence-corrected chi connectivity index (χ3v) is 7.20. The molecule has 4 rings (SSSR count). The molecule has 3 aliphatic heterocycles. The van der Waals surface area contributed by atoms with Gasteiger partial charge < -0.3 is 10.1 Å². The molecular formula is C24H30N2O3. The number of hydrogen-bond acceptors (Lipinski definition) is 5.